The number of nitrogens with zero attached hydrogens (tertiary/aromatic N) is 5. The Kier molecular flexibility index (Phi) is 3.50. The number of ether oxygens (including phenoxy) is 1. The third kappa shape index (κ3) is 2.62. The Hall–Kier alpha value is -3.27. The van der Waals surface area contributed by atoms with E-state index in [-0.39, 0.29) is 12.4 Å². The molecule has 3 rings (SSSR count). The Balaban J connectivity index is 1.73. The van der Waals surface area contributed by atoms with Crippen LogP contribution < -0.4 is 0 Å². The lowest BCUT2D eigenvalue weighted by molar-refractivity contribution is 0.0458. The minimum absolute atomic E-state index is 0.0320. The van der Waals surface area contributed by atoms with E-state index in [1.165, 1.54) is 4.52 Å². The number of benzene rings is 1. The van der Waals surface area contributed by atoms with E-state index in [1.54, 1.807) is 36.5 Å². The van der Waals surface area contributed by atoms with Crippen molar-refractivity contribution in [1.82, 2.24) is 19.6 Å². The third-order valence-electron chi connectivity index (χ3n) is 3.07. The molecule has 0 atom stereocenters. The van der Waals surface area contributed by atoms with Gasteiger partial charge in [0.15, 0.2) is 0 Å². The minimum atomic E-state index is -0.616. The SMILES string of the molecule is Cc1ccnc2nc(C(=O)OCc3ccc(C#N)cc3)nn12. The van der Waals surface area contributed by atoms with Crippen LogP contribution in [0.1, 0.15) is 27.4 Å². The molecule has 0 aliphatic carbocycles. The molecular weight excluding hydrogens is 282 g/mol. The van der Waals surface area contributed by atoms with Gasteiger partial charge in [-0.2, -0.15) is 10.2 Å². The van der Waals surface area contributed by atoms with Crippen molar-refractivity contribution in [3.05, 3.63) is 59.2 Å². The van der Waals surface area contributed by atoms with Gasteiger partial charge in [-0.25, -0.2) is 14.3 Å². The molecule has 3 aromatic rings. The molecule has 2 aromatic heterocycles. The summed E-state index contributed by atoms with van der Waals surface area (Å²) in [6.07, 6.45) is 1.60. The molecule has 0 N–H and O–H groups in total. The fraction of sp³-hybridized carbons (Fsp3) is 0.133. The molecular formula is C15H11N5O2. The molecule has 0 unspecified atom stereocenters. The van der Waals surface area contributed by atoms with Crippen LogP contribution >= 0.6 is 0 Å². The van der Waals surface area contributed by atoms with Crippen LogP contribution in [0.4, 0.5) is 0 Å². The number of esters is 1. The number of nitriles is 1. The first kappa shape index (κ1) is 13.7. The predicted octanol–water partition coefficient (Wildman–Crippen LogP) is 1.66. The zero-order chi connectivity index (χ0) is 15.5. The molecule has 2 heterocycles. The first-order valence-electron chi connectivity index (χ1n) is 6.52. The van der Waals surface area contributed by atoms with Crippen molar-refractivity contribution in [2.24, 2.45) is 0 Å². The Labute approximate surface area is 125 Å². The summed E-state index contributed by atoms with van der Waals surface area (Å²) in [4.78, 5) is 20.1. The number of aryl methyl sites for hydroxylation is 1. The number of carbonyl (C=O) groups is 1. The second kappa shape index (κ2) is 5.61. The largest absolute Gasteiger partial charge is 0.455 e. The van der Waals surface area contributed by atoms with Gasteiger partial charge in [0.2, 0.25) is 0 Å². The summed E-state index contributed by atoms with van der Waals surface area (Å²) in [5, 5.41) is 12.8. The number of carbonyl (C=O) groups excluding carboxylic acids is 1. The standard InChI is InChI=1S/C15H11N5O2/c1-10-6-7-17-15-18-13(19-20(10)15)14(21)22-9-12-4-2-11(8-16)3-5-12/h2-7H,9H2,1H3. The minimum Gasteiger partial charge on any atom is -0.455 e. The van der Waals surface area contributed by atoms with Crippen LogP contribution in [0.5, 0.6) is 0 Å². The zero-order valence-corrected chi connectivity index (χ0v) is 11.7. The van der Waals surface area contributed by atoms with Crippen LogP contribution in [0.15, 0.2) is 36.5 Å². The van der Waals surface area contributed by atoms with E-state index in [2.05, 4.69) is 15.1 Å². The highest BCUT2D eigenvalue weighted by Gasteiger charge is 2.15. The van der Waals surface area contributed by atoms with Crippen molar-refractivity contribution in [3.8, 4) is 6.07 Å². The number of aromatic nitrogens is 4. The molecule has 7 heteroatoms. The molecule has 0 radical (unpaired) electrons. The van der Waals surface area contributed by atoms with E-state index in [0.29, 0.717) is 11.3 Å². The van der Waals surface area contributed by atoms with Crippen molar-refractivity contribution >= 4 is 11.7 Å². The zero-order valence-electron chi connectivity index (χ0n) is 11.7. The average Bonchev–Trinajstić information content (AvgIpc) is 2.99. The fourth-order valence-corrected chi connectivity index (χ4v) is 1.88. The lowest BCUT2D eigenvalue weighted by Crippen LogP contribution is -2.07. The van der Waals surface area contributed by atoms with Gasteiger partial charge >= 0.3 is 5.97 Å². The van der Waals surface area contributed by atoms with Crippen molar-refractivity contribution in [3.63, 3.8) is 0 Å². The number of fused-ring (bicyclic) bond motifs is 1. The van der Waals surface area contributed by atoms with Crippen LogP contribution in [-0.2, 0) is 11.3 Å². The molecule has 0 saturated heterocycles. The Morgan fingerprint density at radius 2 is 2.09 bits per heavy atom. The van der Waals surface area contributed by atoms with Gasteiger partial charge < -0.3 is 4.74 Å². The van der Waals surface area contributed by atoms with Crippen molar-refractivity contribution in [2.45, 2.75) is 13.5 Å². The molecule has 1 aromatic carbocycles. The van der Waals surface area contributed by atoms with Gasteiger partial charge in [0.25, 0.3) is 11.6 Å². The second-order valence-corrected chi connectivity index (χ2v) is 4.62. The van der Waals surface area contributed by atoms with Crippen LogP contribution in [-0.4, -0.2) is 25.6 Å². The van der Waals surface area contributed by atoms with Gasteiger partial charge in [-0.15, -0.1) is 5.10 Å². The maximum atomic E-state index is 12.0. The van der Waals surface area contributed by atoms with E-state index in [9.17, 15) is 4.79 Å². The van der Waals surface area contributed by atoms with Gasteiger partial charge in [0.05, 0.1) is 11.6 Å². The van der Waals surface area contributed by atoms with E-state index < -0.39 is 5.97 Å². The quantitative estimate of drug-likeness (QED) is 0.682. The Bertz CT molecular complexity index is 877. The Morgan fingerprint density at radius 1 is 1.32 bits per heavy atom. The molecule has 0 fully saturated rings. The van der Waals surface area contributed by atoms with Crippen molar-refractivity contribution in [1.29, 1.82) is 5.26 Å². The molecule has 0 aliphatic rings. The van der Waals surface area contributed by atoms with Crippen LogP contribution in [0.2, 0.25) is 0 Å². The summed E-state index contributed by atoms with van der Waals surface area (Å²) in [5.74, 6) is -0.296. The number of hydrogen-bond acceptors (Lipinski definition) is 6. The van der Waals surface area contributed by atoms with Gasteiger partial charge in [0, 0.05) is 11.9 Å². The Morgan fingerprint density at radius 3 is 2.77 bits per heavy atom. The average molecular weight is 293 g/mol. The summed E-state index contributed by atoms with van der Waals surface area (Å²) in [6.45, 7) is 1.93. The van der Waals surface area contributed by atoms with Gasteiger partial charge in [-0.05, 0) is 30.7 Å². The third-order valence-corrected chi connectivity index (χ3v) is 3.07. The van der Waals surface area contributed by atoms with Gasteiger partial charge in [0.1, 0.15) is 6.61 Å². The molecule has 0 saturated carbocycles. The van der Waals surface area contributed by atoms with E-state index in [1.807, 2.05) is 13.0 Å². The van der Waals surface area contributed by atoms with Crippen molar-refractivity contribution in [2.75, 3.05) is 0 Å². The highest BCUT2D eigenvalue weighted by atomic mass is 16.5. The summed E-state index contributed by atoms with van der Waals surface area (Å²) in [5.41, 5.74) is 2.16. The summed E-state index contributed by atoms with van der Waals surface area (Å²) >= 11 is 0. The molecule has 0 spiro atoms. The van der Waals surface area contributed by atoms with Crippen LogP contribution in [0, 0.1) is 18.3 Å². The maximum absolute atomic E-state index is 12.0. The van der Waals surface area contributed by atoms with Crippen LogP contribution in [0.3, 0.4) is 0 Å². The summed E-state index contributed by atoms with van der Waals surface area (Å²) in [6, 6.07) is 10.6. The smallest absolute Gasteiger partial charge is 0.378 e. The molecule has 22 heavy (non-hydrogen) atoms. The summed E-state index contributed by atoms with van der Waals surface area (Å²) in [7, 11) is 0. The van der Waals surface area contributed by atoms with Gasteiger partial charge in [-0.3, -0.25) is 0 Å². The highest BCUT2D eigenvalue weighted by molar-refractivity contribution is 5.85. The molecule has 0 bridgehead atoms. The van der Waals surface area contributed by atoms with Crippen molar-refractivity contribution < 1.29 is 9.53 Å². The monoisotopic (exact) mass is 293 g/mol. The topological polar surface area (TPSA) is 93.2 Å². The molecule has 0 amide bonds. The normalized spacial score (nSPS) is 10.4. The van der Waals surface area contributed by atoms with Gasteiger partial charge in [-0.1, -0.05) is 12.1 Å². The van der Waals surface area contributed by atoms with E-state index in [4.69, 9.17) is 10.00 Å². The van der Waals surface area contributed by atoms with E-state index >= 15 is 0 Å². The fourth-order valence-electron chi connectivity index (χ4n) is 1.88. The molecule has 0 aliphatic heterocycles. The first-order chi connectivity index (χ1) is 10.7. The molecule has 7 nitrogen and oxygen atoms in total. The second-order valence-electron chi connectivity index (χ2n) is 4.62. The molecule has 108 valence electrons. The van der Waals surface area contributed by atoms with E-state index in [0.717, 1.165) is 11.3 Å². The number of rotatable bonds is 3. The predicted molar refractivity (Wildman–Crippen MR) is 75.8 cm³/mol. The number of hydrogen-bond donors (Lipinski definition) is 0. The lowest BCUT2D eigenvalue weighted by Gasteiger charge is -2.02. The lowest BCUT2D eigenvalue weighted by atomic mass is 10.2. The highest BCUT2D eigenvalue weighted by Crippen LogP contribution is 2.07. The maximum Gasteiger partial charge on any atom is 0.378 e. The summed E-state index contributed by atoms with van der Waals surface area (Å²) < 4.78 is 6.65. The first-order valence-corrected chi connectivity index (χ1v) is 6.52. The van der Waals surface area contributed by atoms with Crippen LogP contribution in [0.25, 0.3) is 5.78 Å².